The topological polar surface area (TPSA) is 32.3 Å². The summed E-state index contributed by atoms with van der Waals surface area (Å²) >= 11 is 11.3. The average molecular weight is 385 g/mol. The van der Waals surface area contributed by atoms with Gasteiger partial charge in [-0.05, 0) is 52.2 Å². The summed E-state index contributed by atoms with van der Waals surface area (Å²) in [5.41, 5.74) is 1.67. The maximum Gasteiger partial charge on any atom is 0.0875 e. The van der Waals surface area contributed by atoms with Gasteiger partial charge in [-0.15, -0.1) is 11.8 Å². The molecule has 2 N–H and O–H groups in total. The molecule has 0 amide bonds. The highest BCUT2D eigenvalue weighted by Gasteiger charge is 2.36. The Labute approximate surface area is 142 Å². The lowest BCUT2D eigenvalue weighted by atomic mass is 9.87. The molecule has 2 aromatic carbocycles. The lowest BCUT2D eigenvalue weighted by Crippen LogP contribution is -2.42. The zero-order valence-electron chi connectivity index (χ0n) is 11.3. The van der Waals surface area contributed by atoms with E-state index >= 15 is 0 Å². The van der Waals surface area contributed by atoms with Gasteiger partial charge in [0.25, 0.3) is 0 Å². The number of nitrogens with one attached hydrogen (secondary N) is 1. The van der Waals surface area contributed by atoms with Crippen molar-refractivity contribution in [2.45, 2.75) is 16.9 Å². The first-order valence-corrected chi connectivity index (χ1v) is 8.87. The molecule has 5 heteroatoms. The number of hydrogen-bond donors (Lipinski definition) is 2. The van der Waals surface area contributed by atoms with Crippen molar-refractivity contribution in [2.75, 3.05) is 17.7 Å². The van der Waals surface area contributed by atoms with Crippen molar-refractivity contribution in [2.24, 2.45) is 0 Å². The molecular formula is C16H15BrClNOS. The fraction of sp³-hybridized carbons (Fsp3) is 0.250. The maximum atomic E-state index is 10.1. The van der Waals surface area contributed by atoms with Gasteiger partial charge in [-0.3, -0.25) is 0 Å². The Hall–Kier alpha value is -0.680. The number of anilines is 1. The second-order valence-electron chi connectivity index (χ2n) is 5.09. The van der Waals surface area contributed by atoms with Gasteiger partial charge in [-0.1, -0.05) is 29.8 Å². The smallest absolute Gasteiger partial charge is 0.0875 e. The third-order valence-electron chi connectivity index (χ3n) is 3.76. The van der Waals surface area contributed by atoms with Gasteiger partial charge in [-0.2, -0.15) is 0 Å². The van der Waals surface area contributed by atoms with Crippen LogP contribution in [0.15, 0.2) is 51.8 Å². The number of rotatable bonds is 3. The van der Waals surface area contributed by atoms with Crippen molar-refractivity contribution < 1.29 is 5.11 Å². The summed E-state index contributed by atoms with van der Waals surface area (Å²) in [4.78, 5) is 1.23. The molecule has 0 bridgehead atoms. The van der Waals surface area contributed by atoms with Crippen LogP contribution in [-0.4, -0.2) is 17.5 Å². The molecular weight excluding hydrogens is 370 g/mol. The SMILES string of the molecule is OCC1(Nc2ccc(Cl)c(Br)c2)CCSc2ccccc21. The molecule has 21 heavy (non-hydrogen) atoms. The van der Waals surface area contributed by atoms with Crippen molar-refractivity contribution in [1.82, 2.24) is 0 Å². The number of hydrogen-bond acceptors (Lipinski definition) is 3. The highest BCUT2D eigenvalue weighted by molar-refractivity contribution is 9.10. The van der Waals surface area contributed by atoms with Crippen molar-refractivity contribution in [3.63, 3.8) is 0 Å². The van der Waals surface area contributed by atoms with E-state index in [-0.39, 0.29) is 6.61 Å². The summed E-state index contributed by atoms with van der Waals surface area (Å²) in [5.74, 6) is 0.985. The van der Waals surface area contributed by atoms with Crippen LogP contribution in [0.1, 0.15) is 12.0 Å². The van der Waals surface area contributed by atoms with Gasteiger partial charge in [0.2, 0.25) is 0 Å². The highest BCUT2D eigenvalue weighted by Crippen LogP contribution is 2.42. The predicted octanol–water partition coefficient (Wildman–Crippen LogP) is 4.90. The number of halogens is 2. The van der Waals surface area contributed by atoms with Crippen LogP contribution >= 0.6 is 39.3 Å². The van der Waals surface area contributed by atoms with Crippen LogP contribution < -0.4 is 5.32 Å². The monoisotopic (exact) mass is 383 g/mol. The van der Waals surface area contributed by atoms with E-state index in [1.807, 2.05) is 42.1 Å². The second kappa shape index (κ2) is 6.21. The Kier molecular flexibility index (Phi) is 4.50. The standard InChI is InChI=1S/C16H15BrClNOS/c17-13-9-11(5-6-14(13)18)19-16(10-20)7-8-21-15-4-2-1-3-12(15)16/h1-6,9,19-20H,7-8,10H2. The van der Waals surface area contributed by atoms with E-state index in [0.717, 1.165) is 27.9 Å². The van der Waals surface area contributed by atoms with Crippen molar-refractivity contribution in [3.05, 3.63) is 57.5 Å². The Bertz CT molecular complexity index is 666. The van der Waals surface area contributed by atoms with E-state index in [9.17, 15) is 5.11 Å². The highest BCUT2D eigenvalue weighted by atomic mass is 79.9. The molecule has 0 radical (unpaired) electrons. The molecule has 2 nitrogen and oxygen atoms in total. The molecule has 110 valence electrons. The largest absolute Gasteiger partial charge is 0.394 e. The van der Waals surface area contributed by atoms with Crippen LogP contribution in [0, 0.1) is 0 Å². The van der Waals surface area contributed by atoms with E-state index in [2.05, 4.69) is 33.4 Å². The van der Waals surface area contributed by atoms with E-state index in [0.29, 0.717) is 5.02 Å². The maximum absolute atomic E-state index is 10.1. The molecule has 1 aliphatic rings. The Morgan fingerprint density at radius 2 is 2.10 bits per heavy atom. The van der Waals surface area contributed by atoms with Crippen LogP contribution in [0.2, 0.25) is 5.02 Å². The summed E-state index contributed by atoms with van der Waals surface area (Å²) in [6, 6.07) is 14.0. The van der Waals surface area contributed by atoms with Gasteiger partial charge in [0.15, 0.2) is 0 Å². The zero-order valence-corrected chi connectivity index (χ0v) is 14.4. The van der Waals surface area contributed by atoms with Gasteiger partial charge in [0.05, 0.1) is 17.2 Å². The second-order valence-corrected chi connectivity index (χ2v) is 7.49. The first-order valence-electron chi connectivity index (χ1n) is 6.71. The minimum absolute atomic E-state index is 0.0603. The summed E-state index contributed by atoms with van der Waals surface area (Å²) in [7, 11) is 0. The fourth-order valence-corrected chi connectivity index (χ4v) is 4.40. The molecule has 2 aromatic rings. The first-order chi connectivity index (χ1) is 10.1. The lowest BCUT2D eigenvalue weighted by Gasteiger charge is -2.39. The normalized spacial score (nSPS) is 20.9. The Morgan fingerprint density at radius 3 is 2.86 bits per heavy atom. The molecule has 0 saturated carbocycles. The van der Waals surface area contributed by atoms with Crippen LogP contribution in [0.5, 0.6) is 0 Å². The number of fused-ring (bicyclic) bond motifs is 1. The summed E-state index contributed by atoms with van der Waals surface area (Å²) in [5, 5.41) is 14.3. The quantitative estimate of drug-likeness (QED) is 0.789. The van der Waals surface area contributed by atoms with Crippen LogP contribution in [0.4, 0.5) is 5.69 Å². The molecule has 0 aromatic heterocycles. The molecule has 3 rings (SSSR count). The molecule has 1 aliphatic heterocycles. The molecule has 0 aliphatic carbocycles. The predicted molar refractivity (Wildman–Crippen MR) is 93.3 cm³/mol. The van der Waals surface area contributed by atoms with Crippen LogP contribution in [0.3, 0.4) is 0 Å². The number of thioether (sulfide) groups is 1. The number of aliphatic hydroxyl groups excluding tert-OH is 1. The number of aliphatic hydroxyl groups is 1. The molecule has 0 spiro atoms. The van der Waals surface area contributed by atoms with E-state index < -0.39 is 5.54 Å². The summed E-state index contributed by atoms with van der Waals surface area (Å²) in [6.07, 6.45) is 0.880. The van der Waals surface area contributed by atoms with Gasteiger partial charge in [-0.25, -0.2) is 0 Å². The summed E-state index contributed by atoms with van der Waals surface area (Å²) < 4.78 is 0.848. The first kappa shape index (κ1) is 15.2. The van der Waals surface area contributed by atoms with Crippen LogP contribution in [-0.2, 0) is 5.54 Å². The lowest BCUT2D eigenvalue weighted by molar-refractivity contribution is 0.205. The third kappa shape index (κ3) is 2.95. The van der Waals surface area contributed by atoms with E-state index in [1.54, 1.807) is 0 Å². The third-order valence-corrected chi connectivity index (χ3v) is 6.05. The molecule has 0 saturated heterocycles. The van der Waals surface area contributed by atoms with Crippen molar-refractivity contribution >= 4 is 45.0 Å². The molecule has 1 unspecified atom stereocenters. The van der Waals surface area contributed by atoms with E-state index in [4.69, 9.17) is 11.6 Å². The zero-order chi connectivity index (χ0) is 14.9. The Morgan fingerprint density at radius 1 is 1.29 bits per heavy atom. The van der Waals surface area contributed by atoms with Gasteiger partial charge < -0.3 is 10.4 Å². The van der Waals surface area contributed by atoms with E-state index in [1.165, 1.54) is 4.90 Å². The van der Waals surface area contributed by atoms with Crippen molar-refractivity contribution in [1.29, 1.82) is 0 Å². The Balaban J connectivity index is 2.00. The van der Waals surface area contributed by atoms with Gasteiger partial charge >= 0.3 is 0 Å². The molecule has 1 heterocycles. The van der Waals surface area contributed by atoms with Crippen molar-refractivity contribution in [3.8, 4) is 0 Å². The average Bonchev–Trinajstić information content (AvgIpc) is 2.51. The van der Waals surface area contributed by atoms with Gasteiger partial charge in [0, 0.05) is 20.8 Å². The van der Waals surface area contributed by atoms with Crippen LogP contribution in [0.25, 0.3) is 0 Å². The minimum Gasteiger partial charge on any atom is -0.394 e. The minimum atomic E-state index is -0.435. The number of benzene rings is 2. The molecule has 1 atom stereocenters. The fourth-order valence-electron chi connectivity index (χ4n) is 2.64. The van der Waals surface area contributed by atoms with Gasteiger partial charge in [0.1, 0.15) is 0 Å². The summed E-state index contributed by atoms with van der Waals surface area (Å²) in [6.45, 7) is 0.0603. The molecule has 0 fully saturated rings.